The van der Waals surface area contributed by atoms with Crippen molar-refractivity contribution in [2.75, 3.05) is 13.6 Å². The summed E-state index contributed by atoms with van der Waals surface area (Å²) in [5.74, 6) is 0. The van der Waals surface area contributed by atoms with E-state index >= 15 is 0 Å². The van der Waals surface area contributed by atoms with Gasteiger partial charge < -0.3 is 16.5 Å². The Kier molecular flexibility index (Phi) is 5.04. The summed E-state index contributed by atoms with van der Waals surface area (Å²) in [6.45, 7) is 6.32. The highest BCUT2D eigenvalue weighted by molar-refractivity contribution is 5.94. The summed E-state index contributed by atoms with van der Waals surface area (Å²) in [6, 6.07) is 0. The molecule has 12 heavy (non-hydrogen) atoms. The van der Waals surface area contributed by atoms with E-state index in [1.54, 1.807) is 0 Å². The van der Waals surface area contributed by atoms with Crippen LogP contribution in [0.15, 0.2) is 23.9 Å². The van der Waals surface area contributed by atoms with Gasteiger partial charge in [-0.2, -0.15) is 0 Å². The third kappa shape index (κ3) is 5.68. The highest BCUT2D eigenvalue weighted by Gasteiger charge is 1.94. The van der Waals surface area contributed by atoms with Gasteiger partial charge in [-0.3, -0.25) is 0 Å². The molecule has 3 heteroatoms. The highest BCUT2D eigenvalue weighted by Crippen LogP contribution is 1.97. The first kappa shape index (κ1) is 10.9. The zero-order valence-corrected chi connectivity index (χ0v) is 7.78. The van der Waals surface area contributed by atoms with Crippen molar-refractivity contribution in [3.8, 4) is 0 Å². The zero-order chi connectivity index (χ0) is 9.56. The van der Waals surface area contributed by atoms with Crippen LogP contribution in [0.4, 0.5) is 0 Å². The fraction of sp³-hybridized carbons (Fsp3) is 0.444. The number of likely N-dealkylation sites (N-methyl/N-ethyl adjacent to an activating group) is 1. The van der Waals surface area contributed by atoms with E-state index in [0.717, 1.165) is 12.1 Å². The molecular weight excluding hydrogens is 150 g/mol. The Bertz CT molecular complexity index is 204. The second-order valence-corrected chi connectivity index (χ2v) is 2.88. The van der Waals surface area contributed by atoms with E-state index in [1.165, 1.54) is 0 Å². The number of allylic oxidation sites excluding steroid dienone is 2. The predicted molar refractivity (Wildman–Crippen MR) is 53.4 cm³/mol. The lowest BCUT2D eigenvalue weighted by Crippen LogP contribution is -2.10. The monoisotopic (exact) mass is 167 g/mol. The van der Waals surface area contributed by atoms with E-state index in [2.05, 4.69) is 11.9 Å². The van der Waals surface area contributed by atoms with Crippen LogP contribution in [0, 0.1) is 5.41 Å². The van der Waals surface area contributed by atoms with Gasteiger partial charge in [-0.25, -0.2) is 0 Å². The second kappa shape index (κ2) is 5.55. The van der Waals surface area contributed by atoms with Gasteiger partial charge in [0.05, 0.1) is 0 Å². The van der Waals surface area contributed by atoms with Gasteiger partial charge in [-0.05, 0) is 20.0 Å². The molecule has 0 aromatic rings. The van der Waals surface area contributed by atoms with Crippen molar-refractivity contribution in [2.24, 2.45) is 5.73 Å². The predicted octanol–water partition coefficient (Wildman–Crippen LogP) is 1.03. The second-order valence-electron chi connectivity index (χ2n) is 2.88. The number of rotatable bonds is 5. The molecule has 4 N–H and O–H groups in total. The summed E-state index contributed by atoms with van der Waals surface area (Å²) in [5.41, 5.74) is 7.54. The van der Waals surface area contributed by atoms with Crippen LogP contribution in [0.3, 0.4) is 0 Å². The molecule has 0 atom stereocenters. The Morgan fingerprint density at radius 2 is 2.25 bits per heavy atom. The number of hydrogen-bond acceptors (Lipinski definition) is 3. The third-order valence-electron chi connectivity index (χ3n) is 1.29. The van der Waals surface area contributed by atoms with Gasteiger partial charge in [-0.15, -0.1) is 0 Å². The lowest BCUT2D eigenvalue weighted by Gasteiger charge is -2.01. The Labute approximate surface area is 73.9 Å². The molecule has 3 nitrogen and oxygen atoms in total. The van der Waals surface area contributed by atoms with Crippen molar-refractivity contribution in [1.82, 2.24) is 5.32 Å². The summed E-state index contributed by atoms with van der Waals surface area (Å²) in [6.07, 6.45) is 2.27. The van der Waals surface area contributed by atoms with Crippen LogP contribution in [0.5, 0.6) is 0 Å². The SMILES string of the molecule is C=C(N)CC(=N)/C=C(\C)CNC. The Balaban J connectivity index is 3.96. The number of hydrogen-bond donors (Lipinski definition) is 3. The maximum atomic E-state index is 7.48. The van der Waals surface area contributed by atoms with Crippen molar-refractivity contribution in [3.05, 3.63) is 23.9 Å². The average molecular weight is 167 g/mol. The first-order valence-electron chi connectivity index (χ1n) is 3.88. The molecule has 0 fully saturated rings. The fourth-order valence-corrected chi connectivity index (χ4v) is 0.923. The zero-order valence-electron chi connectivity index (χ0n) is 7.78. The Morgan fingerprint density at radius 1 is 1.67 bits per heavy atom. The summed E-state index contributed by atoms with van der Waals surface area (Å²) in [7, 11) is 1.88. The summed E-state index contributed by atoms with van der Waals surface area (Å²) < 4.78 is 0. The van der Waals surface area contributed by atoms with Gasteiger partial charge >= 0.3 is 0 Å². The minimum Gasteiger partial charge on any atom is -0.402 e. The van der Waals surface area contributed by atoms with E-state index in [-0.39, 0.29) is 0 Å². The van der Waals surface area contributed by atoms with Crippen LogP contribution in [0.1, 0.15) is 13.3 Å². The van der Waals surface area contributed by atoms with Gasteiger partial charge in [0.15, 0.2) is 0 Å². The van der Waals surface area contributed by atoms with Crippen LogP contribution in [-0.4, -0.2) is 19.3 Å². The molecule has 0 saturated carbocycles. The van der Waals surface area contributed by atoms with Crippen molar-refractivity contribution in [3.63, 3.8) is 0 Å². The molecule has 0 aliphatic rings. The maximum absolute atomic E-state index is 7.48. The van der Waals surface area contributed by atoms with Crippen molar-refractivity contribution >= 4 is 5.71 Å². The van der Waals surface area contributed by atoms with Crippen LogP contribution in [0.2, 0.25) is 0 Å². The largest absolute Gasteiger partial charge is 0.402 e. The molecule has 0 unspecified atom stereocenters. The summed E-state index contributed by atoms with van der Waals surface area (Å²) >= 11 is 0. The molecule has 0 radical (unpaired) electrons. The van der Waals surface area contributed by atoms with E-state index in [9.17, 15) is 0 Å². The topological polar surface area (TPSA) is 61.9 Å². The first-order valence-corrected chi connectivity index (χ1v) is 3.88. The minimum absolute atomic E-state index is 0.459. The first-order chi connectivity index (χ1) is 5.56. The normalized spacial score (nSPS) is 11.3. The van der Waals surface area contributed by atoms with Crippen LogP contribution >= 0.6 is 0 Å². The lowest BCUT2D eigenvalue weighted by molar-refractivity contribution is 0.880. The molecule has 0 rings (SSSR count). The fourth-order valence-electron chi connectivity index (χ4n) is 0.923. The van der Waals surface area contributed by atoms with Crippen molar-refractivity contribution in [1.29, 1.82) is 5.41 Å². The molecule has 0 amide bonds. The molecule has 0 spiro atoms. The van der Waals surface area contributed by atoms with Gasteiger partial charge in [0.25, 0.3) is 0 Å². The molecule has 0 aliphatic heterocycles. The minimum atomic E-state index is 0.459. The van der Waals surface area contributed by atoms with Crippen molar-refractivity contribution in [2.45, 2.75) is 13.3 Å². The average Bonchev–Trinajstić information content (AvgIpc) is 1.84. The third-order valence-corrected chi connectivity index (χ3v) is 1.29. The van der Waals surface area contributed by atoms with Gasteiger partial charge in [0, 0.05) is 24.4 Å². The van der Waals surface area contributed by atoms with Gasteiger partial charge in [0.1, 0.15) is 0 Å². The summed E-state index contributed by atoms with van der Waals surface area (Å²) in [4.78, 5) is 0. The summed E-state index contributed by atoms with van der Waals surface area (Å²) in [5, 5.41) is 10.5. The Hall–Kier alpha value is -1.09. The van der Waals surface area contributed by atoms with E-state index in [4.69, 9.17) is 11.1 Å². The molecule has 0 bridgehead atoms. The molecule has 0 aromatic carbocycles. The molecule has 0 saturated heterocycles. The molecule has 0 heterocycles. The van der Waals surface area contributed by atoms with Crippen LogP contribution < -0.4 is 11.1 Å². The maximum Gasteiger partial charge on any atom is 0.0372 e. The van der Waals surface area contributed by atoms with E-state index in [1.807, 2.05) is 20.0 Å². The molecule has 68 valence electrons. The standard InChI is InChI=1S/C9H17N3/c1-7(6-12-3)4-9(11)5-8(2)10/h4,11-12H,2,5-6,10H2,1,3H3/b7-4+,11-9?. The molecule has 0 aliphatic carbocycles. The van der Waals surface area contributed by atoms with E-state index in [0.29, 0.717) is 17.8 Å². The Morgan fingerprint density at radius 3 is 2.67 bits per heavy atom. The quantitative estimate of drug-likeness (QED) is 0.536. The van der Waals surface area contributed by atoms with Gasteiger partial charge in [0.2, 0.25) is 0 Å². The number of nitrogens with one attached hydrogen (secondary N) is 2. The molecular formula is C9H17N3. The van der Waals surface area contributed by atoms with Gasteiger partial charge in [-0.1, -0.05) is 12.2 Å². The molecule has 0 aromatic heterocycles. The number of nitrogens with two attached hydrogens (primary N) is 1. The van der Waals surface area contributed by atoms with Crippen LogP contribution in [-0.2, 0) is 0 Å². The van der Waals surface area contributed by atoms with Crippen LogP contribution in [0.25, 0.3) is 0 Å². The van der Waals surface area contributed by atoms with E-state index < -0.39 is 0 Å². The van der Waals surface area contributed by atoms with Crippen molar-refractivity contribution < 1.29 is 0 Å². The highest BCUT2D eigenvalue weighted by atomic mass is 14.8. The lowest BCUT2D eigenvalue weighted by atomic mass is 10.1. The smallest absolute Gasteiger partial charge is 0.0372 e.